The second-order valence-corrected chi connectivity index (χ2v) is 8.58. The Morgan fingerprint density at radius 1 is 1.04 bits per heavy atom. The van der Waals surface area contributed by atoms with Gasteiger partial charge in [-0.05, 0) is 31.5 Å². The molecule has 0 spiro atoms. The van der Waals surface area contributed by atoms with Crippen molar-refractivity contribution >= 4 is 10.0 Å². The first-order chi connectivity index (χ1) is 11.6. The fourth-order valence-corrected chi connectivity index (χ4v) is 5.29. The molecule has 2 aliphatic rings. The number of piperazine rings is 1. The molecule has 1 N–H and O–H groups in total. The maximum Gasteiger partial charge on any atom is 0.240 e. The van der Waals surface area contributed by atoms with Crippen molar-refractivity contribution in [3.63, 3.8) is 0 Å². The van der Waals surface area contributed by atoms with Crippen molar-refractivity contribution in [3.8, 4) is 0 Å². The van der Waals surface area contributed by atoms with Crippen LogP contribution in [0.4, 0.5) is 0 Å². The Morgan fingerprint density at radius 2 is 1.71 bits per heavy atom. The molecule has 1 heterocycles. The lowest BCUT2D eigenvalue weighted by molar-refractivity contribution is 0.0685. The molecule has 1 saturated carbocycles. The van der Waals surface area contributed by atoms with Crippen LogP contribution in [0.2, 0.25) is 0 Å². The predicted molar refractivity (Wildman–Crippen MR) is 96.5 cm³/mol. The second kappa shape index (κ2) is 7.95. The van der Waals surface area contributed by atoms with Gasteiger partial charge in [-0.15, -0.1) is 0 Å². The van der Waals surface area contributed by atoms with Gasteiger partial charge in [-0.2, -0.15) is 0 Å². The molecule has 1 saturated heterocycles. The van der Waals surface area contributed by atoms with Crippen LogP contribution < -0.4 is 4.72 Å². The molecule has 1 aliphatic heterocycles. The van der Waals surface area contributed by atoms with Gasteiger partial charge in [0.2, 0.25) is 10.0 Å². The summed E-state index contributed by atoms with van der Waals surface area (Å²) in [4.78, 5) is 5.33. The Balaban J connectivity index is 1.69. The molecule has 5 nitrogen and oxygen atoms in total. The van der Waals surface area contributed by atoms with E-state index in [4.69, 9.17) is 0 Å². The van der Waals surface area contributed by atoms with Crippen LogP contribution in [-0.2, 0) is 10.0 Å². The molecule has 1 aliphatic carbocycles. The number of likely N-dealkylation sites (N-methyl/N-ethyl adjacent to an activating group) is 1. The quantitative estimate of drug-likeness (QED) is 0.880. The molecule has 0 bridgehead atoms. The van der Waals surface area contributed by atoms with Crippen molar-refractivity contribution in [1.82, 2.24) is 14.5 Å². The summed E-state index contributed by atoms with van der Waals surface area (Å²) in [5, 5.41) is 0. The van der Waals surface area contributed by atoms with E-state index in [0.29, 0.717) is 10.9 Å². The Bertz CT molecular complexity index is 612. The van der Waals surface area contributed by atoms with E-state index in [9.17, 15) is 8.42 Å². The molecule has 0 aromatic heterocycles. The van der Waals surface area contributed by atoms with Gasteiger partial charge in [-0.3, -0.25) is 4.90 Å². The molecule has 1 aromatic carbocycles. The zero-order valence-electron chi connectivity index (χ0n) is 14.5. The van der Waals surface area contributed by atoms with Crippen LogP contribution in [0.1, 0.15) is 32.6 Å². The lowest BCUT2D eigenvalue weighted by atomic mass is 9.89. The average Bonchev–Trinajstić information content (AvgIpc) is 2.63. The van der Waals surface area contributed by atoms with E-state index in [1.165, 1.54) is 6.42 Å². The average molecular weight is 352 g/mol. The lowest BCUT2D eigenvalue weighted by Crippen LogP contribution is -2.58. The van der Waals surface area contributed by atoms with Gasteiger partial charge in [-0.25, -0.2) is 13.1 Å². The monoisotopic (exact) mass is 351 g/mol. The van der Waals surface area contributed by atoms with Crippen LogP contribution in [0.15, 0.2) is 35.2 Å². The molecule has 2 fully saturated rings. The third-order valence-corrected chi connectivity index (χ3v) is 6.92. The van der Waals surface area contributed by atoms with E-state index in [0.717, 1.165) is 52.0 Å². The van der Waals surface area contributed by atoms with Crippen molar-refractivity contribution in [2.75, 3.05) is 32.7 Å². The van der Waals surface area contributed by atoms with E-state index >= 15 is 0 Å². The van der Waals surface area contributed by atoms with Crippen LogP contribution in [0, 0.1) is 0 Å². The minimum atomic E-state index is -3.43. The molecule has 0 unspecified atom stereocenters. The zero-order valence-corrected chi connectivity index (χ0v) is 15.3. The molecule has 0 amide bonds. The minimum absolute atomic E-state index is 0.0251. The van der Waals surface area contributed by atoms with Crippen LogP contribution >= 0.6 is 0 Å². The van der Waals surface area contributed by atoms with Crippen molar-refractivity contribution < 1.29 is 8.42 Å². The van der Waals surface area contributed by atoms with Crippen molar-refractivity contribution in [2.45, 2.75) is 49.6 Å². The molecule has 0 radical (unpaired) electrons. The van der Waals surface area contributed by atoms with Crippen LogP contribution in [0.5, 0.6) is 0 Å². The van der Waals surface area contributed by atoms with E-state index in [1.54, 1.807) is 24.3 Å². The summed E-state index contributed by atoms with van der Waals surface area (Å²) in [5.74, 6) is 0. The fraction of sp³-hybridized carbons (Fsp3) is 0.667. The first-order valence-corrected chi connectivity index (χ1v) is 10.6. The first kappa shape index (κ1) is 17.9. The van der Waals surface area contributed by atoms with Crippen LogP contribution in [0.25, 0.3) is 0 Å². The SMILES string of the molecule is CCN1CCN([C@@H]2CCCC[C@@H]2NS(=O)(=O)c2ccccc2)CC1. The predicted octanol–water partition coefficient (Wildman–Crippen LogP) is 1.91. The van der Waals surface area contributed by atoms with Gasteiger partial charge in [0.25, 0.3) is 0 Å². The number of hydrogen-bond acceptors (Lipinski definition) is 4. The van der Waals surface area contributed by atoms with Crippen LogP contribution in [-0.4, -0.2) is 63.0 Å². The second-order valence-electron chi connectivity index (χ2n) is 6.86. The maximum atomic E-state index is 12.7. The van der Waals surface area contributed by atoms with Gasteiger partial charge < -0.3 is 4.90 Å². The van der Waals surface area contributed by atoms with Crippen molar-refractivity contribution in [2.24, 2.45) is 0 Å². The largest absolute Gasteiger partial charge is 0.301 e. The molecule has 1 aromatic rings. The molecule has 134 valence electrons. The number of nitrogens with zero attached hydrogens (tertiary/aromatic N) is 2. The summed E-state index contributed by atoms with van der Waals surface area (Å²) in [6, 6.07) is 9.08. The summed E-state index contributed by atoms with van der Waals surface area (Å²) < 4.78 is 28.4. The smallest absolute Gasteiger partial charge is 0.240 e. The first-order valence-electron chi connectivity index (χ1n) is 9.14. The van der Waals surface area contributed by atoms with Gasteiger partial charge in [-0.1, -0.05) is 38.0 Å². The third-order valence-electron chi connectivity index (χ3n) is 5.41. The molecule has 3 rings (SSSR count). The molecule has 24 heavy (non-hydrogen) atoms. The highest BCUT2D eigenvalue weighted by Gasteiger charge is 2.34. The van der Waals surface area contributed by atoms with Crippen molar-refractivity contribution in [3.05, 3.63) is 30.3 Å². The summed E-state index contributed by atoms with van der Waals surface area (Å²) >= 11 is 0. The van der Waals surface area contributed by atoms with E-state index in [1.807, 2.05) is 6.07 Å². The number of nitrogens with one attached hydrogen (secondary N) is 1. The topological polar surface area (TPSA) is 52.6 Å². The minimum Gasteiger partial charge on any atom is -0.301 e. The Kier molecular flexibility index (Phi) is 5.92. The Morgan fingerprint density at radius 3 is 2.38 bits per heavy atom. The number of hydrogen-bond donors (Lipinski definition) is 1. The summed E-state index contributed by atoms with van der Waals surface area (Å²) in [6.45, 7) is 7.57. The van der Waals surface area contributed by atoms with Gasteiger partial charge >= 0.3 is 0 Å². The summed E-state index contributed by atoms with van der Waals surface area (Å²) in [7, 11) is -3.43. The van der Waals surface area contributed by atoms with Crippen LogP contribution in [0.3, 0.4) is 0 Å². The highest BCUT2D eigenvalue weighted by atomic mass is 32.2. The normalized spacial score (nSPS) is 27.2. The number of rotatable bonds is 5. The van der Waals surface area contributed by atoms with E-state index in [2.05, 4.69) is 21.4 Å². The molecule has 6 heteroatoms. The maximum absolute atomic E-state index is 12.7. The summed E-state index contributed by atoms with van der Waals surface area (Å²) in [6.07, 6.45) is 4.33. The number of benzene rings is 1. The number of sulfonamides is 1. The van der Waals surface area contributed by atoms with Gasteiger partial charge in [0.15, 0.2) is 0 Å². The van der Waals surface area contributed by atoms with E-state index in [-0.39, 0.29) is 6.04 Å². The fourth-order valence-electron chi connectivity index (χ4n) is 3.96. The molecule has 2 atom stereocenters. The lowest BCUT2D eigenvalue weighted by Gasteiger charge is -2.44. The Hall–Kier alpha value is -0.950. The standard InChI is InChI=1S/C18H29N3O2S/c1-2-20-12-14-21(15-13-20)18-11-7-6-10-17(18)19-24(22,23)16-8-4-3-5-9-16/h3-5,8-9,17-19H,2,6-7,10-15H2,1H3/t17-,18+/m0/s1. The third kappa shape index (κ3) is 4.17. The van der Waals surface area contributed by atoms with Crippen molar-refractivity contribution in [1.29, 1.82) is 0 Å². The summed E-state index contributed by atoms with van der Waals surface area (Å²) in [5.41, 5.74) is 0. The van der Waals surface area contributed by atoms with Gasteiger partial charge in [0, 0.05) is 38.3 Å². The highest BCUT2D eigenvalue weighted by Crippen LogP contribution is 2.25. The highest BCUT2D eigenvalue weighted by molar-refractivity contribution is 7.89. The van der Waals surface area contributed by atoms with E-state index < -0.39 is 10.0 Å². The molecular weight excluding hydrogens is 322 g/mol. The van der Waals surface area contributed by atoms with Gasteiger partial charge in [0.1, 0.15) is 0 Å². The molecular formula is C18H29N3O2S. The van der Waals surface area contributed by atoms with Gasteiger partial charge in [0.05, 0.1) is 4.90 Å². The Labute approximate surface area is 146 Å². The zero-order chi connectivity index (χ0) is 17.0.